The largest absolute Gasteiger partial charge is 0.416 e. The Morgan fingerprint density at radius 3 is 2.21 bits per heavy atom. The van der Waals surface area contributed by atoms with Crippen LogP contribution >= 0.6 is 0 Å². The maximum Gasteiger partial charge on any atom is 0.416 e. The van der Waals surface area contributed by atoms with Gasteiger partial charge in [-0.1, -0.05) is 0 Å². The molecule has 4 rings (SSSR count). The lowest BCUT2D eigenvalue weighted by Crippen LogP contribution is -2.49. The summed E-state index contributed by atoms with van der Waals surface area (Å²) in [5.74, 6) is -0.228. The van der Waals surface area contributed by atoms with Crippen molar-refractivity contribution in [3.8, 4) is 0 Å². The number of carbonyl (C=O) groups is 2. The fraction of sp³-hybridized carbons (Fsp3) is 0.333. The van der Waals surface area contributed by atoms with E-state index in [0.29, 0.717) is 30.4 Å². The average molecular weight is 463 g/mol. The highest BCUT2D eigenvalue weighted by atomic mass is 19.4. The molecule has 0 bridgehead atoms. The molecule has 2 aliphatic rings. The topological polar surface area (TPSA) is 99.0 Å². The number of piperazine rings is 1. The number of benzene rings is 2. The molecule has 2 heterocycles. The summed E-state index contributed by atoms with van der Waals surface area (Å²) in [6.45, 7) is 2.10. The van der Waals surface area contributed by atoms with Crippen LogP contribution < -0.4 is 15.1 Å². The third kappa shape index (κ3) is 4.54. The van der Waals surface area contributed by atoms with Gasteiger partial charge in [-0.25, -0.2) is 4.79 Å². The lowest BCUT2D eigenvalue weighted by molar-refractivity contribution is -0.384. The third-order valence-corrected chi connectivity index (χ3v) is 5.69. The van der Waals surface area contributed by atoms with Crippen molar-refractivity contribution >= 4 is 29.0 Å². The molecule has 0 saturated carbocycles. The van der Waals surface area contributed by atoms with Crippen LogP contribution in [0, 0.1) is 10.1 Å². The molecule has 1 N–H and O–H groups in total. The van der Waals surface area contributed by atoms with Gasteiger partial charge in [0.25, 0.3) is 11.6 Å². The first kappa shape index (κ1) is 22.4. The quantitative estimate of drug-likeness (QED) is 0.555. The highest BCUT2D eigenvalue weighted by molar-refractivity contribution is 5.97. The number of nitrogens with one attached hydrogen (secondary N) is 1. The Labute approximate surface area is 186 Å². The molecule has 0 aliphatic carbocycles. The summed E-state index contributed by atoms with van der Waals surface area (Å²) in [6, 6.07) is 8.93. The second kappa shape index (κ2) is 8.60. The summed E-state index contributed by atoms with van der Waals surface area (Å²) >= 11 is 0. The van der Waals surface area contributed by atoms with Crippen LogP contribution in [0.25, 0.3) is 0 Å². The van der Waals surface area contributed by atoms with Crippen molar-refractivity contribution in [2.24, 2.45) is 0 Å². The van der Waals surface area contributed by atoms with E-state index in [2.05, 4.69) is 5.32 Å². The predicted octanol–water partition coefficient (Wildman–Crippen LogP) is 3.11. The van der Waals surface area contributed by atoms with Crippen LogP contribution in [-0.2, 0) is 6.18 Å². The zero-order valence-electron chi connectivity index (χ0n) is 17.3. The summed E-state index contributed by atoms with van der Waals surface area (Å²) < 4.78 is 38.8. The zero-order chi connectivity index (χ0) is 23.8. The smallest absolute Gasteiger partial charge is 0.362 e. The number of anilines is 2. The van der Waals surface area contributed by atoms with E-state index in [0.717, 1.165) is 12.1 Å². The molecule has 2 fully saturated rings. The first-order chi connectivity index (χ1) is 15.6. The maximum atomic E-state index is 12.9. The highest BCUT2D eigenvalue weighted by Gasteiger charge is 2.34. The molecule has 3 amide bonds. The lowest BCUT2D eigenvalue weighted by atomic mass is 10.1. The predicted molar refractivity (Wildman–Crippen MR) is 113 cm³/mol. The third-order valence-electron chi connectivity index (χ3n) is 5.69. The molecule has 12 heteroatoms. The normalized spacial score (nSPS) is 16.7. The second-order valence-electron chi connectivity index (χ2n) is 7.67. The number of rotatable bonds is 4. The summed E-state index contributed by atoms with van der Waals surface area (Å²) in [6.07, 6.45) is -4.68. The number of nitro benzene ring substituents is 1. The summed E-state index contributed by atoms with van der Waals surface area (Å²) in [5.41, 5.74) is -0.491. The number of amides is 3. The molecule has 2 aromatic rings. The lowest BCUT2D eigenvalue weighted by Gasteiger charge is -2.36. The Morgan fingerprint density at radius 1 is 1.00 bits per heavy atom. The second-order valence-corrected chi connectivity index (χ2v) is 7.67. The van der Waals surface area contributed by atoms with Crippen LogP contribution in [0.15, 0.2) is 42.5 Å². The van der Waals surface area contributed by atoms with Crippen LogP contribution in [0.1, 0.15) is 15.9 Å². The van der Waals surface area contributed by atoms with Crippen molar-refractivity contribution in [3.63, 3.8) is 0 Å². The van der Waals surface area contributed by atoms with E-state index in [1.54, 1.807) is 39.0 Å². The molecule has 2 aliphatic heterocycles. The molecule has 0 unspecified atom stereocenters. The van der Waals surface area contributed by atoms with Crippen LogP contribution in [0.5, 0.6) is 0 Å². The Hall–Kier alpha value is -3.83. The molecule has 0 spiro atoms. The van der Waals surface area contributed by atoms with Crippen molar-refractivity contribution in [2.75, 3.05) is 49.1 Å². The summed E-state index contributed by atoms with van der Waals surface area (Å²) in [4.78, 5) is 39.9. The standard InChI is InChI=1S/C21H20F3N5O4/c22-21(23,24)15-3-6-17(18(13-15)29(32)33)26-9-11-27(12-10-26)19(30)14-1-4-16(5-2-14)28-8-7-25-20(28)31/h1-6,13H,7-12H2,(H,25,31). The molecule has 33 heavy (non-hydrogen) atoms. The fourth-order valence-corrected chi connectivity index (χ4v) is 3.95. The number of carbonyl (C=O) groups excluding carboxylic acids is 2. The van der Waals surface area contributed by atoms with Crippen LogP contribution in [0.2, 0.25) is 0 Å². The van der Waals surface area contributed by atoms with Gasteiger partial charge in [-0.2, -0.15) is 13.2 Å². The first-order valence-electron chi connectivity index (χ1n) is 10.2. The molecule has 0 atom stereocenters. The number of hydrogen-bond donors (Lipinski definition) is 1. The van der Waals surface area contributed by atoms with E-state index in [4.69, 9.17) is 0 Å². The van der Waals surface area contributed by atoms with Gasteiger partial charge in [0, 0.05) is 56.6 Å². The SMILES string of the molecule is O=C(c1ccc(N2CCNC2=O)cc1)N1CCN(c2ccc(C(F)(F)F)cc2[N+](=O)[O-])CC1. The van der Waals surface area contributed by atoms with Crippen molar-refractivity contribution in [2.45, 2.75) is 6.18 Å². The van der Waals surface area contributed by atoms with Crippen LogP contribution in [0.3, 0.4) is 0 Å². The molecule has 9 nitrogen and oxygen atoms in total. The Balaban J connectivity index is 1.43. The van der Waals surface area contributed by atoms with Crippen molar-refractivity contribution < 1.29 is 27.7 Å². The van der Waals surface area contributed by atoms with Gasteiger partial charge in [0.05, 0.1) is 10.5 Å². The van der Waals surface area contributed by atoms with Crippen LogP contribution in [-0.4, -0.2) is 61.0 Å². The summed E-state index contributed by atoms with van der Waals surface area (Å²) in [7, 11) is 0. The number of nitro groups is 1. The first-order valence-corrected chi connectivity index (χ1v) is 10.2. The Bertz CT molecular complexity index is 1080. The number of halogens is 3. The minimum atomic E-state index is -4.68. The molecular formula is C21H20F3N5O4. The number of alkyl halides is 3. The number of hydrogen-bond acceptors (Lipinski definition) is 5. The van der Waals surface area contributed by atoms with Crippen molar-refractivity contribution in [1.82, 2.24) is 10.2 Å². The maximum absolute atomic E-state index is 12.9. The van der Waals surface area contributed by atoms with Gasteiger partial charge in [-0.3, -0.25) is 19.8 Å². The molecular weight excluding hydrogens is 443 g/mol. The Morgan fingerprint density at radius 2 is 1.67 bits per heavy atom. The van der Waals surface area contributed by atoms with Gasteiger partial charge in [-0.05, 0) is 36.4 Å². The zero-order valence-corrected chi connectivity index (χ0v) is 17.3. The van der Waals surface area contributed by atoms with Gasteiger partial charge >= 0.3 is 12.2 Å². The van der Waals surface area contributed by atoms with Gasteiger partial charge in [0.1, 0.15) is 5.69 Å². The highest BCUT2D eigenvalue weighted by Crippen LogP contribution is 2.36. The van der Waals surface area contributed by atoms with Crippen LogP contribution in [0.4, 0.5) is 35.0 Å². The average Bonchev–Trinajstić information content (AvgIpc) is 3.23. The van der Waals surface area contributed by atoms with E-state index >= 15 is 0 Å². The van der Waals surface area contributed by atoms with E-state index in [1.165, 1.54) is 0 Å². The minimum Gasteiger partial charge on any atom is -0.362 e. The number of nitrogens with zero attached hydrogens (tertiary/aromatic N) is 4. The van der Waals surface area contributed by atoms with Gasteiger partial charge in [-0.15, -0.1) is 0 Å². The van der Waals surface area contributed by atoms with Gasteiger partial charge in [0.2, 0.25) is 0 Å². The fourth-order valence-electron chi connectivity index (χ4n) is 3.95. The molecule has 2 saturated heterocycles. The molecule has 0 radical (unpaired) electrons. The van der Waals surface area contributed by atoms with Crippen molar-refractivity contribution in [3.05, 3.63) is 63.7 Å². The van der Waals surface area contributed by atoms with Gasteiger partial charge < -0.3 is 15.1 Å². The molecule has 0 aromatic heterocycles. The van der Waals surface area contributed by atoms with E-state index in [-0.39, 0.29) is 43.8 Å². The van der Waals surface area contributed by atoms with Crippen molar-refractivity contribution in [1.29, 1.82) is 0 Å². The number of urea groups is 1. The van der Waals surface area contributed by atoms with E-state index < -0.39 is 22.4 Å². The Kier molecular flexibility index (Phi) is 5.83. The van der Waals surface area contributed by atoms with Gasteiger partial charge in [0.15, 0.2) is 0 Å². The molecule has 174 valence electrons. The minimum absolute atomic E-state index is 0.0911. The van der Waals surface area contributed by atoms with E-state index in [1.807, 2.05) is 0 Å². The summed E-state index contributed by atoms with van der Waals surface area (Å²) in [5, 5.41) is 14.1. The molecule has 2 aromatic carbocycles. The van der Waals surface area contributed by atoms with E-state index in [9.17, 15) is 32.9 Å². The monoisotopic (exact) mass is 463 g/mol.